The number of aromatic nitrogens is 1. The number of pyridine rings is 1. The van der Waals surface area contributed by atoms with Gasteiger partial charge in [-0.25, -0.2) is 4.98 Å². The Balaban J connectivity index is 2.33. The Hall–Kier alpha value is -1.80. The highest BCUT2D eigenvalue weighted by molar-refractivity contribution is 6.32. The Labute approximate surface area is 130 Å². The number of rotatable bonds is 2. The maximum absolute atomic E-state index is 12.1. The van der Waals surface area contributed by atoms with Gasteiger partial charge in [0, 0.05) is 27.2 Å². The fraction of sp³-hybridized carbons (Fsp3) is 0.533. The molecule has 1 saturated heterocycles. The first-order valence-corrected chi connectivity index (χ1v) is 7.27. The number of aryl methyl sites for hydroxylation is 1. The summed E-state index contributed by atoms with van der Waals surface area (Å²) in [4.78, 5) is 20.2. The van der Waals surface area contributed by atoms with Crippen molar-refractivity contribution >= 4 is 23.3 Å². The molecule has 1 atom stereocenters. The van der Waals surface area contributed by atoms with E-state index in [1.807, 2.05) is 18.7 Å². The van der Waals surface area contributed by atoms with E-state index in [0.717, 1.165) is 18.5 Å². The van der Waals surface area contributed by atoms with Crippen LogP contribution >= 0.6 is 11.6 Å². The molecule has 0 N–H and O–H groups in total. The molecule has 0 saturated carbocycles. The van der Waals surface area contributed by atoms with Gasteiger partial charge in [0.1, 0.15) is 11.9 Å². The van der Waals surface area contributed by atoms with E-state index in [0.29, 0.717) is 28.6 Å². The molecule has 0 aliphatic carbocycles. The van der Waals surface area contributed by atoms with Crippen LogP contribution in [0.1, 0.15) is 23.2 Å². The third-order valence-electron chi connectivity index (χ3n) is 3.91. The van der Waals surface area contributed by atoms with Crippen molar-refractivity contribution in [2.24, 2.45) is 5.92 Å². The zero-order chi connectivity index (χ0) is 15.7. The molecule has 0 bridgehead atoms. The van der Waals surface area contributed by atoms with Gasteiger partial charge in [-0.2, -0.15) is 5.26 Å². The Kier molecular flexibility index (Phi) is 4.38. The van der Waals surface area contributed by atoms with Crippen molar-refractivity contribution in [1.82, 2.24) is 9.88 Å². The van der Waals surface area contributed by atoms with Crippen LogP contribution in [0.4, 0.5) is 5.82 Å². The molecule has 0 spiro atoms. The van der Waals surface area contributed by atoms with E-state index in [1.54, 1.807) is 19.0 Å². The number of nitriles is 1. The summed E-state index contributed by atoms with van der Waals surface area (Å²) in [7, 11) is 3.53. The molecule has 1 aliphatic heterocycles. The summed E-state index contributed by atoms with van der Waals surface area (Å²) in [5.74, 6) is 0.731. The summed E-state index contributed by atoms with van der Waals surface area (Å²) in [5.41, 5.74) is 1.97. The highest BCUT2D eigenvalue weighted by Crippen LogP contribution is 2.32. The number of amides is 1. The van der Waals surface area contributed by atoms with E-state index in [-0.39, 0.29) is 11.8 Å². The van der Waals surface area contributed by atoms with Crippen LogP contribution < -0.4 is 4.90 Å². The average Bonchev–Trinajstić information content (AvgIpc) is 2.93. The van der Waals surface area contributed by atoms with Gasteiger partial charge >= 0.3 is 0 Å². The number of hydrogen-bond donors (Lipinski definition) is 0. The van der Waals surface area contributed by atoms with Crippen molar-refractivity contribution < 1.29 is 4.79 Å². The highest BCUT2D eigenvalue weighted by Gasteiger charge is 2.31. The van der Waals surface area contributed by atoms with Crippen molar-refractivity contribution in [2.75, 3.05) is 32.1 Å². The van der Waals surface area contributed by atoms with Gasteiger partial charge in [-0.1, -0.05) is 11.6 Å². The minimum absolute atomic E-state index is 0.0374. The maximum Gasteiger partial charge on any atom is 0.227 e. The summed E-state index contributed by atoms with van der Waals surface area (Å²) >= 11 is 6.17. The van der Waals surface area contributed by atoms with Crippen LogP contribution in [0.3, 0.4) is 0 Å². The third-order valence-corrected chi connectivity index (χ3v) is 4.47. The number of anilines is 1. The Morgan fingerprint density at radius 1 is 1.48 bits per heavy atom. The second-order valence-electron chi connectivity index (χ2n) is 5.61. The zero-order valence-corrected chi connectivity index (χ0v) is 13.5. The predicted molar refractivity (Wildman–Crippen MR) is 82.5 cm³/mol. The SMILES string of the molecule is Cc1nc(N2CCC(C(=O)N(C)C)C2)c(C#N)c(C)c1Cl. The first kappa shape index (κ1) is 15.6. The molecule has 1 aliphatic rings. The molecule has 2 rings (SSSR count). The predicted octanol–water partition coefficient (Wildman–Crippen LogP) is 2.14. The van der Waals surface area contributed by atoms with Crippen molar-refractivity contribution in [3.05, 3.63) is 21.8 Å². The number of carbonyl (C=O) groups is 1. The van der Waals surface area contributed by atoms with Gasteiger partial charge in [0.25, 0.3) is 0 Å². The number of carbonyl (C=O) groups excluding carboxylic acids is 1. The fourth-order valence-electron chi connectivity index (χ4n) is 2.69. The fourth-order valence-corrected chi connectivity index (χ4v) is 2.83. The number of hydrogen-bond acceptors (Lipinski definition) is 4. The lowest BCUT2D eigenvalue weighted by Crippen LogP contribution is -2.32. The van der Waals surface area contributed by atoms with E-state index in [1.165, 1.54) is 0 Å². The average molecular weight is 307 g/mol. The largest absolute Gasteiger partial charge is 0.355 e. The van der Waals surface area contributed by atoms with Gasteiger partial charge in [-0.15, -0.1) is 0 Å². The van der Waals surface area contributed by atoms with Gasteiger partial charge < -0.3 is 9.80 Å². The van der Waals surface area contributed by atoms with Crippen LogP contribution in [0.2, 0.25) is 5.02 Å². The first-order chi connectivity index (χ1) is 9.86. The van der Waals surface area contributed by atoms with Crippen LogP contribution in [0.15, 0.2) is 0 Å². The molecule has 0 radical (unpaired) electrons. The minimum Gasteiger partial charge on any atom is -0.355 e. The molecule has 21 heavy (non-hydrogen) atoms. The van der Waals surface area contributed by atoms with Crippen LogP contribution in [-0.4, -0.2) is 43.0 Å². The summed E-state index contributed by atoms with van der Waals surface area (Å²) in [5, 5.41) is 9.93. The quantitative estimate of drug-likeness (QED) is 0.840. The smallest absolute Gasteiger partial charge is 0.227 e. The van der Waals surface area contributed by atoms with Gasteiger partial charge in [0.2, 0.25) is 5.91 Å². The Morgan fingerprint density at radius 2 is 2.14 bits per heavy atom. The molecule has 5 nitrogen and oxygen atoms in total. The molecule has 1 aromatic rings. The maximum atomic E-state index is 12.1. The lowest BCUT2D eigenvalue weighted by atomic mass is 10.1. The zero-order valence-electron chi connectivity index (χ0n) is 12.8. The highest BCUT2D eigenvalue weighted by atomic mass is 35.5. The van der Waals surface area contributed by atoms with Crippen LogP contribution in [0, 0.1) is 31.1 Å². The molecule has 2 heterocycles. The van der Waals surface area contributed by atoms with Crippen molar-refractivity contribution in [3.63, 3.8) is 0 Å². The van der Waals surface area contributed by atoms with Crippen molar-refractivity contribution in [3.8, 4) is 6.07 Å². The molecule has 1 aromatic heterocycles. The Morgan fingerprint density at radius 3 is 2.71 bits per heavy atom. The molecular weight excluding hydrogens is 288 g/mol. The van der Waals surface area contributed by atoms with Gasteiger partial charge in [-0.05, 0) is 25.8 Å². The van der Waals surface area contributed by atoms with Crippen LogP contribution in [0.25, 0.3) is 0 Å². The molecule has 1 amide bonds. The molecule has 0 aromatic carbocycles. The molecule has 1 unspecified atom stereocenters. The normalized spacial score (nSPS) is 17.7. The topological polar surface area (TPSA) is 60.2 Å². The summed E-state index contributed by atoms with van der Waals surface area (Å²) in [6.07, 6.45) is 0.782. The molecule has 6 heteroatoms. The number of nitrogens with zero attached hydrogens (tertiary/aromatic N) is 4. The second kappa shape index (κ2) is 5.90. The number of halogens is 1. The van der Waals surface area contributed by atoms with E-state index in [4.69, 9.17) is 11.6 Å². The van der Waals surface area contributed by atoms with Crippen LogP contribution in [0.5, 0.6) is 0 Å². The monoisotopic (exact) mass is 306 g/mol. The van der Waals surface area contributed by atoms with E-state index < -0.39 is 0 Å². The molecular formula is C15H19ClN4O. The summed E-state index contributed by atoms with van der Waals surface area (Å²) < 4.78 is 0. The summed E-state index contributed by atoms with van der Waals surface area (Å²) in [6, 6.07) is 2.19. The first-order valence-electron chi connectivity index (χ1n) is 6.89. The van der Waals surface area contributed by atoms with E-state index in [2.05, 4.69) is 11.1 Å². The molecule has 112 valence electrons. The lowest BCUT2D eigenvalue weighted by molar-refractivity contribution is -0.132. The summed E-state index contributed by atoms with van der Waals surface area (Å²) in [6.45, 7) is 4.99. The molecule has 1 fully saturated rings. The van der Waals surface area contributed by atoms with E-state index in [9.17, 15) is 10.1 Å². The van der Waals surface area contributed by atoms with Gasteiger partial charge in [0.15, 0.2) is 0 Å². The third kappa shape index (κ3) is 2.81. The van der Waals surface area contributed by atoms with Crippen LogP contribution in [-0.2, 0) is 4.79 Å². The van der Waals surface area contributed by atoms with Gasteiger partial charge in [0.05, 0.1) is 22.2 Å². The lowest BCUT2D eigenvalue weighted by Gasteiger charge is -2.21. The standard InChI is InChI=1S/C15H19ClN4O/c1-9-12(7-17)14(18-10(2)13(9)16)20-6-5-11(8-20)15(21)19(3)4/h11H,5-6,8H2,1-4H3. The van der Waals surface area contributed by atoms with E-state index >= 15 is 0 Å². The second-order valence-corrected chi connectivity index (χ2v) is 5.99. The van der Waals surface area contributed by atoms with Crippen molar-refractivity contribution in [1.29, 1.82) is 5.26 Å². The van der Waals surface area contributed by atoms with Gasteiger partial charge in [-0.3, -0.25) is 4.79 Å². The van der Waals surface area contributed by atoms with Crippen molar-refractivity contribution in [2.45, 2.75) is 20.3 Å². The minimum atomic E-state index is -0.0374. The Bertz CT molecular complexity index is 621.